The molecule has 3 aromatic rings. The average Bonchev–Trinajstić information content (AvgIpc) is 3.44. The third-order valence-corrected chi connectivity index (χ3v) is 6.65. The van der Waals surface area contributed by atoms with E-state index >= 15 is 0 Å². The van der Waals surface area contributed by atoms with Crippen molar-refractivity contribution in [3.8, 4) is 11.5 Å². The van der Waals surface area contributed by atoms with Crippen LogP contribution in [0.4, 0.5) is 5.13 Å². The molecule has 5 nitrogen and oxygen atoms in total. The molecule has 0 saturated heterocycles. The molecule has 1 N–H and O–H groups in total. The zero-order valence-electron chi connectivity index (χ0n) is 17.3. The molecular weight excluding hydrogens is 396 g/mol. The molecule has 1 saturated carbocycles. The Labute approximate surface area is 181 Å². The van der Waals surface area contributed by atoms with E-state index in [1.54, 1.807) is 14.2 Å². The van der Waals surface area contributed by atoms with Gasteiger partial charge in [-0.25, -0.2) is 4.98 Å². The molecule has 1 aliphatic carbocycles. The molecule has 2 aromatic carbocycles. The largest absolute Gasteiger partial charge is 0.497 e. The Morgan fingerprint density at radius 2 is 1.90 bits per heavy atom. The van der Waals surface area contributed by atoms with Crippen LogP contribution in [0.15, 0.2) is 54.7 Å². The molecule has 1 heterocycles. The summed E-state index contributed by atoms with van der Waals surface area (Å²) in [5.74, 6) is 1.98. The zero-order chi connectivity index (χ0) is 20.9. The lowest BCUT2D eigenvalue weighted by Gasteiger charge is -2.19. The maximum Gasteiger partial charge on any atom is 0.229 e. The van der Waals surface area contributed by atoms with E-state index in [1.165, 1.54) is 16.9 Å². The van der Waals surface area contributed by atoms with Crippen molar-refractivity contribution < 1.29 is 14.3 Å². The smallest absolute Gasteiger partial charge is 0.229 e. The number of hydrogen-bond donors (Lipinski definition) is 1. The summed E-state index contributed by atoms with van der Waals surface area (Å²) >= 11 is 1.52. The number of carbonyl (C=O) groups is 1. The molecule has 1 aromatic heterocycles. The van der Waals surface area contributed by atoms with Gasteiger partial charge in [0.2, 0.25) is 5.91 Å². The van der Waals surface area contributed by atoms with Gasteiger partial charge in [-0.3, -0.25) is 4.79 Å². The average molecular weight is 423 g/mol. The summed E-state index contributed by atoms with van der Waals surface area (Å²) in [6.45, 7) is 0. The van der Waals surface area contributed by atoms with E-state index in [4.69, 9.17) is 9.47 Å². The predicted octanol–water partition coefficient (Wildman–Crippen LogP) is 5.27. The quantitative estimate of drug-likeness (QED) is 0.563. The number of thiazole rings is 1. The number of rotatable bonds is 7. The maximum atomic E-state index is 13.0. The summed E-state index contributed by atoms with van der Waals surface area (Å²) in [6.07, 6.45) is 5.56. The minimum Gasteiger partial charge on any atom is -0.497 e. The van der Waals surface area contributed by atoms with Crippen LogP contribution in [0.5, 0.6) is 11.5 Å². The van der Waals surface area contributed by atoms with E-state index < -0.39 is 0 Å². The van der Waals surface area contributed by atoms with Gasteiger partial charge in [0.1, 0.15) is 11.5 Å². The standard InChI is InChI=1S/C24H26N2O3S/c1-28-18-12-10-16(11-13-18)20-7-5-8-21(20)23(27)26-24-25-15-19(30-24)14-17-6-3-4-9-22(17)29-2/h3-4,6,9-13,15,20-21H,5,7-8,14H2,1-2H3,(H,25,26,27). The second-order valence-corrected chi connectivity index (χ2v) is 8.64. The second-order valence-electron chi connectivity index (χ2n) is 7.53. The van der Waals surface area contributed by atoms with Crippen LogP contribution in [0.1, 0.15) is 41.2 Å². The van der Waals surface area contributed by atoms with Crippen LogP contribution < -0.4 is 14.8 Å². The predicted molar refractivity (Wildman–Crippen MR) is 120 cm³/mol. The number of hydrogen-bond acceptors (Lipinski definition) is 5. The van der Waals surface area contributed by atoms with Crippen LogP contribution in [0.3, 0.4) is 0 Å². The monoisotopic (exact) mass is 422 g/mol. The first-order valence-electron chi connectivity index (χ1n) is 10.2. The van der Waals surface area contributed by atoms with Crippen molar-refractivity contribution in [3.63, 3.8) is 0 Å². The maximum absolute atomic E-state index is 13.0. The first-order chi connectivity index (χ1) is 14.7. The number of nitrogens with zero attached hydrogens (tertiary/aromatic N) is 1. The van der Waals surface area contributed by atoms with E-state index in [0.717, 1.165) is 47.6 Å². The highest BCUT2D eigenvalue weighted by molar-refractivity contribution is 7.15. The van der Waals surface area contributed by atoms with Crippen molar-refractivity contribution in [3.05, 3.63) is 70.7 Å². The van der Waals surface area contributed by atoms with Gasteiger partial charge in [-0.1, -0.05) is 36.8 Å². The fraction of sp³-hybridized carbons (Fsp3) is 0.333. The Morgan fingerprint density at radius 3 is 2.67 bits per heavy atom. The van der Waals surface area contributed by atoms with Crippen LogP contribution in [0, 0.1) is 5.92 Å². The molecule has 30 heavy (non-hydrogen) atoms. The van der Waals surface area contributed by atoms with Gasteiger partial charge in [0.15, 0.2) is 5.13 Å². The zero-order valence-corrected chi connectivity index (χ0v) is 18.1. The molecule has 0 aliphatic heterocycles. The molecule has 4 rings (SSSR count). The van der Waals surface area contributed by atoms with Crippen molar-refractivity contribution >= 4 is 22.4 Å². The van der Waals surface area contributed by atoms with E-state index in [1.807, 2.05) is 36.5 Å². The Bertz CT molecular complexity index is 1000. The fourth-order valence-electron chi connectivity index (χ4n) is 4.21. The Kier molecular flexibility index (Phi) is 6.33. The van der Waals surface area contributed by atoms with Gasteiger partial charge < -0.3 is 14.8 Å². The lowest BCUT2D eigenvalue weighted by Crippen LogP contribution is -2.24. The van der Waals surface area contributed by atoms with Gasteiger partial charge in [-0.15, -0.1) is 11.3 Å². The van der Waals surface area contributed by atoms with Gasteiger partial charge in [-0.05, 0) is 48.1 Å². The van der Waals surface area contributed by atoms with Crippen molar-refractivity contribution in [2.45, 2.75) is 31.6 Å². The van der Waals surface area contributed by atoms with Crippen LogP contribution in [0.25, 0.3) is 0 Å². The number of aromatic nitrogens is 1. The van der Waals surface area contributed by atoms with Gasteiger partial charge >= 0.3 is 0 Å². The van der Waals surface area contributed by atoms with Gasteiger partial charge in [0.25, 0.3) is 0 Å². The number of ether oxygens (including phenoxy) is 2. The Hall–Kier alpha value is -2.86. The van der Waals surface area contributed by atoms with Crippen molar-refractivity contribution in [2.24, 2.45) is 5.92 Å². The highest BCUT2D eigenvalue weighted by atomic mass is 32.1. The summed E-state index contributed by atoms with van der Waals surface area (Å²) in [5.41, 5.74) is 2.31. The summed E-state index contributed by atoms with van der Waals surface area (Å²) in [4.78, 5) is 18.5. The number of para-hydroxylation sites is 1. The lowest BCUT2D eigenvalue weighted by atomic mass is 9.88. The number of anilines is 1. The van der Waals surface area contributed by atoms with Crippen molar-refractivity contribution in [2.75, 3.05) is 19.5 Å². The molecular formula is C24H26N2O3S. The molecule has 0 radical (unpaired) electrons. The first-order valence-corrected chi connectivity index (χ1v) is 11.0. The van der Waals surface area contributed by atoms with Crippen LogP contribution in [-0.4, -0.2) is 25.1 Å². The van der Waals surface area contributed by atoms with Crippen molar-refractivity contribution in [1.29, 1.82) is 0 Å². The molecule has 1 fully saturated rings. The highest BCUT2D eigenvalue weighted by Gasteiger charge is 2.34. The normalized spacial score (nSPS) is 18.2. The molecule has 1 aliphatic rings. The van der Waals surface area contributed by atoms with Gasteiger partial charge in [-0.2, -0.15) is 0 Å². The van der Waals surface area contributed by atoms with Crippen molar-refractivity contribution in [1.82, 2.24) is 4.98 Å². The van der Waals surface area contributed by atoms with Crippen LogP contribution in [-0.2, 0) is 11.2 Å². The molecule has 0 spiro atoms. The molecule has 156 valence electrons. The first kappa shape index (κ1) is 20.4. The minimum atomic E-state index is -0.0278. The number of methoxy groups -OCH3 is 2. The topological polar surface area (TPSA) is 60.5 Å². The molecule has 0 bridgehead atoms. The lowest BCUT2D eigenvalue weighted by molar-refractivity contribution is -0.120. The highest BCUT2D eigenvalue weighted by Crippen LogP contribution is 2.41. The second kappa shape index (κ2) is 9.30. The summed E-state index contributed by atoms with van der Waals surface area (Å²) in [6, 6.07) is 16.0. The third-order valence-electron chi connectivity index (χ3n) is 5.74. The molecule has 2 atom stereocenters. The van der Waals surface area contributed by atoms with Crippen LogP contribution >= 0.6 is 11.3 Å². The Balaban J connectivity index is 1.42. The third kappa shape index (κ3) is 4.49. The number of benzene rings is 2. The van der Waals surface area contributed by atoms with Gasteiger partial charge in [0.05, 0.1) is 14.2 Å². The fourth-order valence-corrected chi connectivity index (χ4v) is 5.04. The molecule has 2 unspecified atom stereocenters. The summed E-state index contributed by atoms with van der Waals surface area (Å²) < 4.78 is 10.7. The van der Waals surface area contributed by atoms with E-state index in [2.05, 4.69) is 28.5 Å². The molecule has 1 amide bonds. The van der Waals surface area contributed by atoms with E-state index in [0.29, 0.717) is 5.13 Å². The molecule has 6 heteroatoms. The SMILES string of the molecule is COc1ccc(C2CCCC2C(=O)Nc2ncc(Cc3ccccc3OC)s2)cc1. The minimum absolute atomic E-state index is 0.0278. The number of carbonyl (C=O) groups excluding carboxylic acids is 1. The Morgan fingerprint density at radius 1 is 1.10 bits per heavy atom. The summed E-state index contributed by atoms with van der Waals surface area (Å²) in [5, 5.41) is 3.71. The van der Waals surface area contributed by atoms with Crippen LogP contribution in [0.2, 0.25) is 0 Å². The number of nitrogens with one attached hydrogen (secondary N) is 1. The van der Waals surface area contributed by atoms with E-state index in [-0.39, 0.29) is 17.7 Å². The number of amides is 1. The van der Waals surface area contributed by atoms with E-state index in [9.17, 15) is 4.79 Å². The van der Waals surface area contributed by atoms with Gasteiger partial charge in [0, 0.05) is 23.4 Å². The summed E-state index contributed by atoms with van der Waals surface area (Å²) in [7, 11) is 3.34.